The summed E-state index contributed by atoms with van der Waals surface area (Å²) in [5, 5.41) is 5.45. The third-order valence-corrected chi connectivity index (χ3v) is 5.31. The van der Waals surface area contributed by atoms with Gasteiger partial charge in [0.25, 0.3) is 11.8 Å². The first-order valence-corrected chi connectivity index (χ1v) is 11.1. The highest BCUT2D eigenvalue weighted by molar-refractivity contribution is 6.38. The zero-order chi connectivity index (χ0) is 22.6. The number of Topliss-reactive ketones (excluding diaryl/α,β-unsaturated/α-hetero) is 1. The minimum absolute atomic E-state index is 0.269. The number of carbonyl (C=O) groups is 3. The molecule has 1 atom stereocenters. The Morgan fingerprint density at radius 2 is 1.69 bits per heavy atom. The average molecular weight is 439 g/mol. The Balaban J connectivity index is 1.65. The summed E-state index contributed by atoms with van der Waals surface area (Å²) in [6.45, 7) is 2.08. The van der Waals surface area contributed by atoms with E-state index >= 15 is 0 Å². The predicted molar refractivity (Wildman–Crippen MR) is 120 cm³/mol. The standard InChI is InChI=1S/C25H30N2O5/c28-23(25(30)26-14-13-19-8-2-1-3-9-19)22-12-6-7-15-31-16-17-32-18-20-10-4-5-11-21(20)24(29)27-22/h1-5,8-11,22H,6-7,12-18H2,(H,26,30)(H,27,29). The van der Waals surface area contributed by atoms with Gasteiger partial charge in [0.05, 0.1) is 25.9 Å². The Morgan fingerprint density at radius 3 is 2.53 bits per heavy atom. The molecule has 0 radical (unpaired) electrons. The lowest BCUT2D eigenvalue weighted by atomic mass is 10.0. The molecule has 0 aliphatic carbocycles. The third kappa shape index (κ3) is 7.28. The second-order valence-electron chi connectivity index (χ2n) is 7.70. The molecule has 32 heavy (non-hydrogen) atoms. The molecule has 0 bridgehead atoms. The van der Waals surface area contributed by atoms with Crippen LogP contribution in [0.5, 0.6) is 0 Å². The second-order valence-corrected chi connectivity index (χ2v) is 7.70. The smallest absolute Gasteiger partial charge is 0.289 e. The summed E-state index contributed by atoms with van der Waals surface area (Å²) in [4.78, 5) is 38.3. The van der Waals surface area contributed by atoms with Crippen LogP contribution in [-0.4, -0.2) is 50.0 Å². The van der Waals surface area contributed by atoms with Crippen LogP contribution in [0.15, 0.2) is 54.6 Å². The van der Waals surface area contributed by atoms with Gasteiger partial charge in [0.15, 0.2) is 0 Å². The van der Waals surface area contributed by atoms with E-state index in [4.69, 9.17) is 9.47 Å². The topological polar surface area (TPSA) is 93.7 Å². The van der Waals surface area contributed by atoms with Gasteiger partial charge in [0, 0.05) is 18.7 Å². The summed E-state index contributed by atoms with van der Waals surface area (Å²) in [7, 11) is 0. The first-order valence-electron chi connectivity index (χ1n) is 11.1. The van der Waals surface area contributed by atoms with E-state index in [1.54, 1.807) is 12.1 Å². The van der Waals surface area contributed by atoms with Crippen molar-refractivity contribution in [2.75, 3.05) is 26.4 Å². The van der Waals surface area contributed by atoms with Gasteiger partial charge in [-0.1, -0.05) is 48.5 Å². The zero-order valence-corrected chi connectivity index (χ0v) is 18.2. The molecule has 2 aromatic carbocycles. The molecule has 0 saturated heterocycles. The van der Waals surface area contributed by atoms with Crippen LogP contribution in [0.4, 0.5) is 0 Å². The molecule has 7 heteroatoms. The molecule has 1 aliphatic heterocycles. The fourth-order valence-electron chi connectivity index (χ4n) is 3.54. The molecule has 2 N–H and O–H groups in total. The molecule has 0 spiro atoms. The van der Waals surface area contributed by atoms with E-state index in [-0.39, 0.29) is 12.5 Å². The number of ether oxygens (including phenoxy) is 2. The van der Waals surface area contributed by atoms with Crippen molar-refractivity contribution in [2.45, 2.75) is 38.3 Å². The van der Waals surface area contributed by atoms with Crippen molar-refractivity contribution in [1.29, 1.82) is 0 Å². The van der Waals surface area contributed by atoms with Gasteiger partial charge >= 0.3 is 0 Å². The van der Waals surface area contributed by atoms with E-state index in [9.17, 15) is 14.4 Å². The molecule has 1 aliphatic rings. The maximum atomic E-state index is 12.9. The third-order valence-electron chi connectivity index (χ3n) is 5.31. The number of benzene rings is 2. The first-order chi connectivity index (χ1) is 15.6. The van der Waals surface area contributed by atoms with Crippen LogP contribution in [0.1, 0.15) is 40.7 Å². The van der Waals surface area contributed by atoms with Gasteiger partial charge in [-0.05, 0) is 42.9 Å². The summed E-state index contributed by atoms with van der Waals surface area (Å²) in [6, 6.07) is 15.9. The van der Waals surface area contributed by atoms with Crippen molar-refractivity contribution < 1.29 is 23.9 Å². The highest BCUT2D eigenvalue weighted by Gasteiger charge is 2.27. The number of ketones is 1. The number of amides is 2. The molecule has 170 valence electrons. The van der Waals surface area contributed by atoms with E-state index in [1.807, 2.05) is 42.5 Å². The fraction of sp³-hybridized carbons (Fsp3) is 0.400. The van der Waals surface area contributed by atoms with Gasteiger partial charge in [-0.3, -0.25) is 14.4 Å². The number of hydrogen-bond acceptors (Lipinski definition) is 5. The van der Waals surface area contributed by atoms with Gasteiger partial charge in [-0.15, -0.1) is 0 Å². The van der Waals surface area contributed by atoms with Crippen LogP contribution in [-0.2, 0) is 32.1 Å². The summed E-state index contributed by atoms with van der Waals surface area (Å²) in [5.41, 5.74) is 2.23. The van der Waals surface area contributed by atoms with Crippen LogP contribution in [0.25, 0.3) is 0 Å². The van der Waals surface area contributed by atoms with Gasteiger partial charge in [0.1, 0.15) is 0 Å². The van der Waals surface area contributed by atoms with E-state index in [2.05, 4.69) is 10.6 Å². The fourth-order valence-corrected chi connectivity index (χ4v) is 3.54. The highest BCUT2D eigenvalue weighted by atomic mass is 16.5. The molecule has 2 aromatic rings. The Bertz CT molecular complexity index is 900. The van der Waals surface area contributed by atoms with Gasteiger partial charge in [0.2, 0.25) is 5.78 Å². The number of hydrogen-bond donors (Lipinski definition) is 2. The van der Waals surface area contributed by atoms with E-state index in [0.29, 0.717) is 51.2 Å². The Labute approximate surface area is 188 Å². The summed E-state index contributed by atoms with van der Waals surface area (Å²) in [6.07, 6.45) is 2.38. The molecule has 1 unspecified atom stereocenters. The van der Waals surface area contributed by atoms with Crippen molar-refractivity contribution in [3.05, 3.63) is 71.3 Å². The Hall–Kier alpha value is -3.03. The largest absolute Gasteiger partial charge is 0.379 e. The molecule has 2 amide bonds. The quantitative estimate of drug-likeness (QED) is 0.700. The minimum Gasteiger partial charge on any atom is -0.379 e. The maximum Gasteiger partial charge on any atom is 0.289 e. The van der Waals surface area contributed by atoms with E-state index in [1.165, 1.54) is 0 Å². The van der Waals surface area contributed by atoms with Crippen molar-refractivity contribution >= 4 is 17.6 Å². The lowest BCUT2D eigenvalue weighted by Crippen LogP contribution is -2.48. The Kier molecular flexibility index (Phi) is 9.40. The summed E-state index contributed by atoms with van der Waals surface area (Å²) >= 11 is 0. The maximum absolute atomic E-state index is 12.9. The SMILES string of the molecule is O=C(NCCc1ccccc1)C(=O)C1CCCCOCCOCc2ccccc2C(=O)N1. The highest BCUT2D eigenvalue weighted by Crippen LogP contribution is 2.13. The van der Waals surface area contributed by atoms with Crippen LogP contribution >= 0.6 is 0 Å². The second kappa shape index (κ2) is 12.7. The number of carbonyl (C=O) groups excluding carboxylic acids is 3. The van der Waals surface area contributed by atoms with Gasteiger partial charge < -0.3 is 20.1 Å². The molecular weight excluding hydrogens is 408 g/mol. The number of nitrogens with one attached hydrogen (secondary N) is 2. The van der Waals surface area contributed by atoms with E-state index < -0.39 is 17.7 Å². The molecule has 0 fully saturated rings. The normalized spacial score (nSPS) is 18.0. The lowest BCUT2D eigenvalue weighted by Gasteiger charge is -2.19. The first kappa shape index (κ1) is 23.6. The monoisotopic (exact) mass is 438 g/mol. The predicted octanol–water partition coefficient (Wildman–Crippen LogP) is 2.43. The molecule has 0 saturated carbocycles. The molecule has 3 rings (SSSR count). The van der Waals surface area contributed by atoms with Gasteiger partial charge in [-0.2, -0.15) is 0 Å². The van der Waals surface area contributed by atoms with Crippen molar-refractivity contribution in [2.24, 2.45) is 0 Å². The molecular formula is C25H30N2O5. The van der Waals surface area contributed by atoms with Crippen molar-refractivity contribution in [3.8, 4) is 0 Å². The summed E-state index contributed by atoms with van der Waals surface area (Å²) in [5.74, 6) is -1.69. The van der Waals surface area contributed by atoms with Crippen LogP contribution in [0, 0.1) is 0 Å². The number of rotatable bonds is 5. The van der Waals surface area contributed by atoms with Crippen LogP contribution < -0.4 is 10.6 Å². The van der Waals surface area contributed by atoms with Crippen molar-refractivity contribution in [1.82, 2.24) is 10.6 Å². The van der Waals surface area contributed by atoms with Crippen LogP contribution in [0.2, 0.25) is 0 Å². The van der Waals surface area contributed by atoms with Crippen molar-refractivity contribution in [3.63, 3.8) is 0 Å². The minimum atomic E-state index is -0.892. The zero-order valence-electron chi connectivity index (χ0n) is 18.2. The van der Waals surface area contributed by atoms with E-state index in [0.717, 1.165) is 17.5 Å². The number of fused-ring (bicyclic) bond motifs is 1. The average Bonchev–Trinajstić information content (AvgIpc) is 2.82. The molecule has 7 nitrogen and oxygen atoms in total. The Morgan fingerprint density at radius 1 is 0.938 bits per heavy atom. The lowest BCUT2D eigenvalue weighted by molar-refractivity contribution is -0.139. The summed E-state index contributed by atoms with van der Waals surface area (Å²) < 4.78 is 11.2. The molecule has 1 heterocycles. The molecule has 0 aromatic heterocycles. The van der Waals surface area contributed by atoms with Crippen LogP contribution in [0.3, 0.4) is 0 Å². The van der Waals surface area contributed by atoms with Gasteiger partial charge in [-0.25, -0.2) is 0 Å².